The summed E-state index contributed by atoms with van der Waals surface area (Å²) in [6.07, 6.45) is 0. The van der Waals surface area contributed by atoms with E-state index in [9.17, 15) is 14.0 Å². The number of nitrogens with one attached hydrogen (secondary N) is 4. The number of aromatic amines is 1. The van der Waals surface area contributed by atoms with E-state index in [4.69, 9.17) is 4.74 Å². The molecule has 0 saturated heterocycles. The molecule has 0 aliphatic heterocycles. The number of aryl methyl sites for hydroxylation is 1. The van der Waals surface area contributed by atoms with E-state index in [1.54, 1.807) is 19.9 Å². The predicted octanol–water partition coefficient (Wildman–Crippen LogP) is 1.85. The Morgan fingerprint density at radius 2 is 2.12 bits per heavy atom. The van der Waals surface area contributed by atoms with Crippen molar-refractivity contribution in [3.63, 3.8) is 0 Å². The third-order valence-corrected chi connectivity index (χ3v) is 3.07. The summed E-state index contributed by atoms with van der Waals surface area (Å²) in [5.41, 5.74) is 0.383. The number of H-pyrrole nitrogens is 1. The van der Waals surface area contributed by atoms with E-state index < -0.39 is 11.8 Å². The van der Waals surface area contributed by atoms with Crippen molar-refractivity contribution >= 4 is 17.7 Å². The standard InChI is InChI=1S/C16H20FN5O3/c1-3-25-11-4-5-13(12(17)9-11)21-16(24)19-7-6-18-15-20-10(2)8-14(23)22-15/h4-5,8-9H,3,6-7H2,1-2H3,(H2,19,21,24)(H2,18,20,22,23). The summed E-state index contributed by atoms with van der Waals surface area (Å²) in [5, 5.41) is 7.86. The summed E-state index contributed by atoms with van der Waals surface area (Å²) < 4.78 is 19.0. The first-order valence-corrected chi connectivity index (χ1v) is 7.77. The van der Waals surface area contributed by atoms with Gasteiger partial charge in [-0.15, -0.1) is 0 Å². The highest BCUT2D eigenvalue weighted by atomic mass is 19.1. The van der Waals surface area contributed by atoms with Gasteiger partial charge in [0.15, 0.2) is 0 Å². The first kappa shape index (κ1) is 18.2. The number of aromatic nitrogens is 2. The number of amides is 2. The Labute approximate surface area is 143 Å². The molecule has 1 aromatic carbocycles. The normalized spacial score (nSPS) is 10.2. The minimum Gasteiger partial charge on any atom is -0.494 e. The maximum atomic E-state index is 13.8. The molecule has 0 fully saturated rings. The number of carbonyl (C=O) groups is 1. The summed E-state index contributed by atoms with van der Waals surface area (Å²) >= 11 is 0. The molecule has 0 saturated carbocycles. The first-order valence-electron chi connectivity index (χ1n) is 7.77. The van der Waals surface area contributed by atoms with Gasteiger partial charge in [-0.1, -0.05) is 0 Å². The lowest BCUT2D eigenvalue weighted by Gasteiger charge is -2.10. The number of carbonyl (C=O) groups excluding carboxylic acids is 1. The Morgan fingerprint density at radius 3 is 2.80 bits per heavy atom. The van der Waals surface area contributed by atoms with Crippen molar-refractivity contribution in [2.75, 3.05) is 30.3 Å². The van der Waals surface area contributed by atoms with Crippen LogP contribution in [0.2, 0.25) is 0 Å². The van der Waals surface area contributed by atoms with Crippen molar-refractivity contribution in [2.24, 2.45) is 0 Å². The van der Waals surface area contributed by atoms with Crippen LogP contribution in [0.3, 0.4) is 0 Å². The van der Waals surface area contributed by atoms with Crippen LogP contribution >= 0.6 is 0 Å². The highest BCUT2D eigenvalue weighted by molar-refractivity contribution is 5.89. The van der Waals surface area contributed by atoms with Gasteiger partial charge in [0.25, 0.3) is 5.56 Å². The van der Waals surface area contributed by atoms with Crippen LogP contribution in [0.1, 0.15) is 12.6 Å². The minimum atomic E-state index is -0.583. The van der Waals surface area contributed by atoms with E-state index in [2.05, 4.69) is 25.9 Å². The van der Waals surface area contributed by atoms with Crippen LogP contribution in [0.5, 0.6) is 5.75 Å². The lowest BCUT2D eigenvalue weighted by atomic mass is 10.3. The SMILES string of the molecule is CCOc1ccc(NC(=O)NCCNc2nc(C)cc(=O)[nH]2)c(F)c1. The van der Waals surface area contributed by atoms with Crippen molar-refractivity contribution in [1.82, 2.24) is 15.3 Å². The molecule has 134 valence electrons. The molecule has 0 aliphatic rings. The van der Waals surface area contributed by atoms with Crippen LogP contribution in [0, 0.1) is 12.7 Å². The molecular formula is C16H20FN5O3. The Morgan fingerprint density at radius 1 is 1.32 bits per heavy atom. The molecule has 0 atom stereocenters. The summed E-state index contributed by atoms with van der Waals surface area (Å²) in [6.45, 7) is 4.53. The van der Waals surface area contributed by atoms with Crippen molar-refractivity contribution in [2.45, 2.75) is 13.8 Å². The average Bonchev–Trinajstić information content (AvgIpc) is 2.54. The fourth-order valence-corrected chi connectivity index (χ4v) is 2.04. The topological polar surface area (TPSA) is 108 Å². The summed E-state index contributed by atoms with van der Waals surface area (Å²) in [6, 6.07) is 5.04. The van der Waals surface area contributed by atoms with E-state index in [0.29, 0.717) is 30.5 Å². The highest BCUT2D eigenvalue weighted by Crippen LogP contribution is 2.20. The zero-order valence-electron chi connectivity index (χ0n) is 14.0. The Bertz CT molecular complexity index is 794. The number of benzene rings is 1. The van der Waals surface area contributed by atoms with Gasteiger partial charge in [-0.2, -0.15) is 0 Å². The van der Waals surface area contributed by atoms with E-state index in [-0.39, 0.29) is 17.8 Å². The molecule has 0 radical (unpaired) electrons. The molecule has 8 nitrogen and oxygen atoms in total. The monoisotopic (exact) mass is 349 g/mol. The fourth-order valence-electron chi connectivity index (χ4n) is 2.04. The molecule has 25 heavy (non-hydrogen) atoms. The smallest absolute Gasteiger partial charge is 0.319 e. The number of nitrogens with zero attached hydrogens (tertiary/aromatic N) is 1. The van der Waals surface area contributed by atoms with Gasteiger partial charge in [0.05, 0.1) is 12.3 Å². The van der Waals surface area contributed by atoms with Gasteiger partial charge < -0.3 is 20.7 Å². The van der Waals surface area contributed by atoms with Crippen LogP contribution in [-0.2, 0) is 0 Å². The second-order valence-corrected chi connectivity index (χ2v) is 5.12. The molecule has 9 heteroatoms. The molecule has 0 spiro atoms. The highest BCUT2D eigenvalue weighted by Gasteiger charge is 2.08. The molecule has 1 heterocycles. The van der Waals surface area contributed by atoms with Gasteiger partial charge in [0.2, 0.25) is 5.95 Å². The lowest BCUT2D eigenvalue weighted by molar-refractivity contribution is 0.252. The van der Waals surface area contributed by atoms with Gasteiger partial charge in [-0.3, -0.25) is 9.78 Å². The maximum absolute atomic E-state index is 13.8. The largest absolute Gasteiger partial charge is 0.494 e. The van der Waals surface area contributed by atoms with E-state index >= 15 is 0 Å². The number of urea groups is 1. The molecule has 2 rings (SSSR count). The second kappa shape index (κ2) is 8.67. The third-order valence-electron chi connectivity index (χ3n) is 3.07. The van der Waals surface area contributed by atoms with E-state index in [0.717, 1.165) is 0 Å². The van der Waals surface area contributed by atoms with E-state index in [1.807, 2.05) is 0 Å². The molecule has 2 amide bonds. The van der Waals surface area contributed by atoms with Crippen molar-refractivity contribution < 1.29 is 13.9 Å². The van der Waals surface area contributed by atoms with Crippen LogP contribution in [0.25, 0.3) is 0 Å². The van der Waals surface area contributed by atoms with E-state index in [1.165, 1.54) is 18.2 Å². The lowest BCUT2D eigenvalue weighted by Crippen LogP contribution is -2.33. The number of ether oxygens (including phenoxy) is 1. The van der Waals surface area contributed by atoms with Gasteiger partial charge in [0, 0.05) is 30.9 Å². The van der Waals surface area contributed by atoms with Gasteiger partial charge in [0.1, 0.15) is 11.6 Å². The van der Waals surface area contributed by atoms with Gasteiger partial charge in [-0.05, 0) is 26.0 Å². The predicted molar refractivity (Wildman–Crippen MR) is 92.7 cm³/mol. The third kappa shape index (κ3) is 5.79. The number of halogens is 1. The molecular weight excluding hydrogens is 329 g/mol. The van der Waals surface area contributed by atoms with Crippen molar-refractivity contribution in [3.8, 4) is 5.75 Å². The van der Waals surface area contributed by atoms with Gasteiger partial charge in [-0.25, -0.2) is 14.2 Å². The Hall–Kier alpha value is -3.10. The molecule has 4 N–H and O–H groups in total. The Kier molecular flexibility index (Phi) is 6.33. The van der Waals surface area contributed by atoms with Crippen molar-refractivity contribution in [3.05, 3.63) is 46.1 Å². The van der Waals surface area contributed by atoms with Crippen molar-refractivity contribution in [1.29, 1.82) is 0 Å². The molecule has 0 bridgehead atoms. The number of rotatable bonds is 7. The quantitative estimate of drug-likeness (QED) is 0.571. The van der Waals surface area contributed by atoms with Crippen LogP contribution in [0.15, 0.2) is 29.1 Å². The van der Waals surface area contributed by atoms with Gasteiger partial charge >= 0.3 is 6.03 Å². The Balaban J connectivity index is 1.78. The molecule has 0 aliphatic carbocycles. The molecule has 1 aromatic heterocycles. The second-order valence-electron chi connectivity index (χ2n) is 5.12. The van der Waals surface area contributed by atoms with Crippen LogP contribution in [-0.4, -0.2) is 35.7 Å². The number of hydrogen-bond acceptors (Lipinski definition) is 5. The number of hydrogen-bond donors (Lipinski definition) is 4. The zero-order chi connectivity index (χ0) is 18.2. The minimum absolute atomic E-state index is 0.0543. The molecule has 2 aromatic rings. The van der Waals surface area contributed by atoms with Crippen LogP contribution < -0.4 is 26.2 Å². The molecule has 0 unspecified atom stereocenters. The van der Waals surface area contributed by atoms with Crippen LogP contribution in [0.4, 0.5) is 20.8 Å². The summed E-state index contributed by atoms with van der Waals surface area (Å²) in [4.78, 5) is 29.7. The average molecular weight is 349 g/mol. The summed E-state index contributed by atoms with van der Waals surface area (Å²) in [5.74, 6) is 0.139. The maximum Gasteiger partial charge on any atom is 0.319 e. The zero-order valence-corrected chi connectivity index (χ0v) is 14.0. The number of anilines is 2. The fraction of sp³-hybridized carbons (Fsp3) is 0.312. The first-order chi connectivity index (χ1) is 12.0. The summed E-state index contributed by atoms with van der Waals surface area (Å²) in [7, 11) is 0.